The first-order valence-corrected chi connectivity index (χ1v) is 8.40. The highest BCUT2D eigenvalue weighted by atomic mass is 35.5. The van der Waals surface area contributed by atoms with Crippen molar-refractivity contribution in [2.45, 2.75) is 20.0 Å². The van der Waals surface area contributed by atoms with Gasteiger partial charge < -0.3 is 14.4 Å². The van der Waals surface area contributed by atoms with Gasteiger partial charge in [-0.1, -0.05) is 17.7 Å². The van der Waals surface area contributed by atoms with Crippen LogP contribution in [0.15, 0.2) is 36.8 Å². The summed E-state index contributed by atoms with van der Waals surface area (Å²) < 4.78 is 39.2. The van der Waals surface area contributed by atoms with Crippen molar-refractivity contribution in [2.75, 3.05) is 7.11 Å². The summed E-state index contributed by atoms with van der Waals surface area (Å²) in [6, 6.07) is 7.79. The number of carboxylic acid groups (broad SMARTS) is 1. The Hall–Kier alpha value is -3.14. The summed E-state index contributed by atoms with van der Waals surface area (Å²) in [6.45, 7) is 3.85. The number of carboxylic acids is 1. The number of aromatic nitrogens is 4. The molecule has 0 aliphatic heterocycles. The lowest BCUT2D eigenvalue weighted by atomic mass is 10.1. The third kappa shape index (κ3) is 5.67. The van der Waals surface area contributed by atoms with Crippen molar-refractivity contribution in [1.82, 2.24) is 19.7 Å². The summed E-state index contributed by atoms with van der Waals surface area (Å²) in [5.74, 6) is -2.02. The van der Waals surface area contributed by atoms with Gasteiger partial charge in [0.2, 0.25) is 0 Å². The lowest BCUT2D eigenvalue weighted by Crippen LogP contribution is -2.21. The Morgan fingerprint density at radius 2 is 1.86 bits per heavy atom. The van der Waals surface area contributed by atoms with Crippen molar-refractivity contribution in [3.8, 4) is 22.7 Å². The Balaban J connectivity index is 0.000000370. The summed E-state index contributed by atoms with van der Waals surface area (Å²) in [6.07, 6.45) is -1.37. The van der Waals surface area contributed by atoms with Crippen LogP contribution in [0.5, 0.6) is 5.75 Å². The number of aryl methyl sites for hydroxylation is 2. The number of hydrogen-bond donors (Lipinski definition) is 1. The zero-order chi connectivity index (χ0) is 21.8. The van der Waals surface area contributed by atoms with E-state index in [-0.39, 0.29) is 0 Å². The van der Waals surface area contributed by atoms with E-state index in [9.17, 15) is 13.2 Å². The van der Waals surface area contributed by atoms with E-state index in [1.807, 2.05) is 48.9 Å². The molecular formula is C18H16ClF3N4O3. The van der Waals surface area contributed by atoms with Crippen molar-refractivity contribution < 1.29 is 27.8 Å². The Bertz CT molecular complexity index is 1020. The minimum atomic E-state index is -5.08. The topological polar surface area (TPSA) is 90.1 Å². The molecule has 154 valence electrons. The molecule has 2 heterocycles. The normalized spacial score (nSPS) is 10.9. The van der Waals surface area contributed by atoms with Crippen molar-refractivity contribution in [2.24, 2.45) is 0 Å². The maximum atomic E-state index is 10.6. The van der Waals surface area contributed by atoms with Crippen LogP contribution in [0.4, 0.5) is 13.2 Å². The highest BCUT2D eigenvalue weighted by Gasteiger charge is 2.38. The standard InChI is InChI=1S/C16H15ClN4O.C2HF3O2/c1-10-6-13(19-20-16(10)17)12-4-5-14(15(7-12)22-3)21-8-11(2)18-9-21;3-2(4,5)1(6)7/h4-9H,1-3H3;(H,6,7). The van der Waals surface area contributed by atoms with Gasteiger partial charge in [0.25, 0.3) is 0 Å². The van der Waals surface area contributed by atoms with Crippen molar-refractivity contribution in [1.29, 1.82) is 0 Å². The van der Waals surface area contributed by atoms with Crippen LogP contribution in [0, 0.1) is 13.8 Å². The first kappa shape index (κ1) is 22.2. The number of ether oxygens (including phenoxy) is 1. The number of alkyl halides is 3. The van der Waals surface area contributed by atoms with E-state index in [1.54, 1.807) is 13.4 Å². The van der Waals surface area contributed by atoms with Crippen molar-refractivity contribution in [3.05, 3.63) is 53.2 Å². The second kappa shape index (κ2) is 8.91. The Kier molecular flexibility index (Phi) is 6.80. The summed E-state index contributed by atoms with van der Waals surface area (Å²) in [5.41, 5.74) is 4.44. The average molecular weight is 429 g/mol. The lowest BCUT2D eigenvalue weighted by molar-refractivity contribution is -0.192. The molecule has 0 fully saturated rings. The molecular weight excluding hydrogens is 413 g/mol. The van der Waals surface area contributed by atoms with Crippen LogP contribution < -0.4 is 4.74 Å². The number of imidazole rings is 1. The number of halogens is 4. The van der Waals surface area contributed by atoms with Crippen LogP contribution >= 0.6 is 11.6 Å². The molecule has 0 spiro atoms. The fourth-order valence-corrected chi connectivity index (χ4v) is 2.31. The third-order valence-corrected chi connectivity index (χ3v) is 4.01. The molecule has 29 heavy (non-hydrogen) atoms. The van der Waals surface area contributed by atoms with Crippen LogP contribution in [-0.4, -0.2) is 44.1 Å². The first-order chi connectivity index (χ1) is 13.5. The van der Waals surface area contributed by atoms with E-state index < -0.39 is 12.1 Å². The zero-order valence-electron chi connectivity index (χ0n) is 15.5. The lowest BCUT2D eigenvalue weighted by Gasteiger charge is -2.11. The monoisotopic (exact) mass is 428 g/mol. The van der Waals surface area contributed by atoms with Crippen LogP contribution in [-0.2, 0) is 4.79 Å². The Morgan fingerprint density at radius 3 is 2.34 bits per heavy atom. The first-order valence-electron chi connectivity index (χ1n) is 8.02. The van der Waals surface area contributed by atoms with Gasteiger partial charge in [-0.25, -0.2) is 9.78 Å². The molecule has 0 radical (unpaired) electrons. The summed E-state index contributed by atoms with van der Waals surface area (Å²) in [4.78, 5) is 13.1. The molecule has 0 atom stereocenters. The molecule has 2 aromatic heterocycles. The molecule has 0 unspecified atom stereocenters. The summed E-state index contributed by atoms with van der Waals surface area (Å²) in [5, 5.41) is 15.6. The highest BCUT2D eigenvalue weighted by molar-refractivity contribution is 6.30. The van der Waals surface area contributed by atoms with Gasteiger partial charge in [-0.3, -0.25) is 0 Å². The fraction of sp³-hybridized carbons (Fsp3) is 0.222. The van der Waals surface area contributed by atoms with Gasteiger partial charge >= 0.3 is 12.1 Å². The molecule has 11 heteroatoms. The van der Waals surface area contributed by atoms with Gasteiger partial charge in [0.05, 0.1) is 30.5 Å². The number of rotatable bonds is 3. The molecule has 0 amide bonds. The molecule has 0 saturated carbocycles. The van der Waals surface area contributed by atoms with Crippen LogP contribution in [0.3, 0.4) is 0 Å². The molecule has 1 aromatic carbocycles. The van der Waals surface area contributed by atoms with Crippen LogP contribution in [0.1, 0.15) is 11.3 Å². The van der Waals surface area contributed by atoms with Gasteiger partial charge in [-0.15, -0.1) is 10.2 Å². The van der Waals surface area contributed by atoms with Gasteiger partial charge in [-0.05, 0) is 37.6 Å². The summed E-state index contributed by atoms with van der Waals surface area (Å²) in [7, 11) is 1.64. The molecule has 0 bridgehead atoms. The number of carbonyl (C=O) groups is 1. The molecule has 0 aliphatic carbocycles. The number of nitrogens with zero attached hydrogens (tertiary/aromatic N) is 4. The van der Waals surface area contributed by atoms with Gasteiger partial charge in [0.15, 0.2) is 5.15 Å². The number of methoxy groups -OCH3 is 1. The molecule has 3 aromatic rings. The van der Waals surface area contributed by atoms with Crippen molar-refractivity contribution in [3.63, 3.8) is 0 Å². The van der Waals surface area contributed by atoms with E-state index >= 15 is 0 Å². The fourth-order valence-electron chi connectivity index (χ4n) is 2.21. The molecule has 0 aliphatic rings. The SMILES string of the molecule is COc1cc(-c2cc(C)c(Cl)nn2)ccc1-n1cnc(C)c1.O=C(O)C(F)(F)F. The quantitative estimate of drug-likeness (QED) is 0.671. The maximum Gasteiger partial charge on any atom is 0.490 e. The predicted molar refractivity (Wildman–Crippen MR) is 99.3 cm³/mol. The second-order valence-electron chi connectivity index (χ2n) is 5.82. The third-order valence-electron chi connectivity index (χ3n) is 3.63. The van der Waals surface area contributed by atoms with E-state index in [2.05, 4.69) is 15.2 Å². The smallest absolute Gasteiger partial charge is 0.490 e. The van der Waals surface area contributed by atoms with Gasteiger partial charge in [0.1, 0.15) is 5.75 Å². The Labute approximate surface area is 168 Å². The van der Waals surface area contributed by atoms with Gasteiger partial charge in [-0.2, -0.15) is 13.2 Å². The number of benzene rings is 1. The van der Waals surface area contributed by atoms with Crippen LogP contribution in [0.2, 0.25) is 5.15 Å². The minimum Gasteiger partial charge on any atom is -0.495 e. The molecule has 0 saturated heterocycles. The van der Waals surface area contributed by atoms with Crippen molar-refractivity contribution >= 4 is 17.6 Å². The van der Waals surface area contributed by atoms with Crippen LogP contribution in [0.25, 0.3) is 16.9 Å². The Morgan fingerprint density at radius 1 is 1.21 bits per heavy atom. The predicted octanol–water partition coefficient (Wildman–Crippen LogP) is 4.24. The largest absolute Gasteiger partial charge is 0.495 e. The van der Waals surface area contributed by atoms with E-state index in [1.165, 1.54) is 0 Å². The maximum absolute atomic E-state index is 10.6. The summed E-state index contributed by atoms with van der Waals surface area (Å²) >= 11 is 5.93. The molecule has 1 N–H and O–H groups in total. The second-order valence-corrected chi connectivity index (χ2v) is 6.17. The molecule has 7 nitrogen and oxygen atoms in total. The van der Waals surface area contributed by atoms with E-state index in [0.29, 0.717) is 5.15 Å². The number of hydrogen-bond acceptors (Lipinski definition) is 5. The number of aliphatic carboxylic acids is 1. The minimum absolute atomic E-state index is 0.418. The van der Waals surface area contributed by atoms with E-state index in [4.69, 9.17) is 26.2 Å². The highest BCUT2D eigenvalue weighted by Crippen LogP contribution is 2.29. The zero-order valence-corrected chi connectivity index (χ0v) is 16.3. The van der Waals surface area contributed by atoms with Gasteiger partial charge in [0, 0.05) is 11.8 Å². The van der Waals surface area contributed by atoms with E-state index in [0.717, 1.165) is 34.0 Å². The average Bonchev–Trinajstić information content (AvgIpc) is 3.09. The molecule has 3 rings (SSSR count).